The van der Waals surface area contributed by atoms with E-state index in [1.807, 2.05) is 43.3 Å². The summed E-state index contributed by atoms with van der Waals surface area (Å²) in [6.45, 7) is 2.38. The maximum Gasteiger partial charge on any atom is 0.416 e. The first-order valence-electron chi connectivity index (χ1n) is 15.3. The van der Waals surface area contributed by atoms with Gasteiger partial charge in [-0.1, -0.05) is 53.3 Å². The van der Waals surface area contributed by atoms with Crippen LogP contribution in [0.5, 0.6) is 11.5 Å². The number of carbonyl (C=O) groups excluding carboxylic acids is 2. The zero-order chi connectivity index (χ0) is 32.8. The summed E-state index contributed by atoms with van der Waals surface area (Å²) < 4.78 is 52.5. The van der Waals surface area contributed by atoms with Gasteiger partial charge >= 0.3 is 11.0 Å². The Bertz CT molecular complexity index is 1990. The van der Waals surface area contributed by atoms with Crippen LogP contribution >= 0.6 is 23.1 Å². The number of hydrogen-bond acceptors (Lipinski definition) is 7. The number of thiazole rings is 1. The topological polar surface area (TPSA) is 88.7 Å². The fraction of sp³-hybridized carbons (Fsp3) is 0.343. The van der Waals surface area contributed by atoms with Gasteiger partial charge in [-0.15, -0.1) is 11.8 Å². The molecular formula is C35H29F3N2O5S2. The number of aromatic nitrogens is 1. The molecule has 1 aromatic heterocycles. The Morgan fingerprint density at radius 2 is 1.70 bits per heavy atom. The molecule has 0 spiro atoms. The SMILES string of the molecule is COc1cc([C@H]2c3sc(=O)[nH]c3SC3C4CC(C5C(=O)N(c6cccc(C(F)(F)F)c6)C(=O)C45)C32)ccc1OCc1cccc(C)c1. The first kappa shape index (κ1) is 30.3. The predicted octanol–water partition coefficient (Wildman–Crippen LogP) is 7.03. The van der Waals surface area contributed by atoms with Gasteiger partial charge in [-0.3, -0.25) is 19.3 Å². The van der Waals surface area contributed by atoms with Crippen molar-refractivity contribution in [3.63, 3.8) is 0 Å². The Labute approximate surface area is 276 Å². The van der Waals surface area contributed by atoms with Gasteiger partial charge in [0.05, 0.1) is 35.2 Å². The van der Waals surface area contributed by atoms with E-state index >= 15 is 0 Å². The summed E-state index contributed by atoms with van der Waals surface area (Å²) in [6, 6.07) is 18.2. The molecule has 7 nitrogen and oxygen atoms in total. The third kappa shape index (κ3) is 4.82. The van der Waals surface area contributed by atoms with Crippen LogP contribution in [0.1, 0.15) is 39.5 Å². The second-order valence-electron chi connectivity index (χ2n) is 12.7. The summed E-state index contributed by atoms with van der Waals surface area (Å²) >= 11 is 2.70. The van der Waals surface area contributed by atoms with E-state index in [0.29, 0.717) is 24.5 Å². The molecule has 4 aromatic rings. The second-order valence-corrected chi connectivity index (χ2v) is 14.9. The first-order valence-corrected chi connectivity index (χ1v) is 17.0. The maximum atomic E-state index is 14.0. The number of methoxy groups -OCH3 is 1. The van der Waals surface area contributed by atoms with Gasteiger partial charge in [0.25, 0.3) is 0 Å². The molecule has 2 aliphatic heterocycles. The van der Waals surface area contributed by atoms with E-state index in [1.165, 1.54) is 12.1 Å². The fourth-order valence-corrected chi connectivity index (χ4v) is 11.3. The number of imide groups is 1. The second kappa shape index (κ2) is 11.0. The van der Waals surface area contributed by atoms with Crippen molar-refractivity contribution in [1.29, 1.82) is 0 Å². The van der Waals surface area contributed by atoms with E-state index in [1.54, 1.807) is 18.9 Å². The number of halogens is 3. The van der Waals surface area contributed by atoms with Crippen LogP contribution < -0.4 is 19.2 Å². The highest BCUT2D eigenvalue weighted by atomic mass is 32.2. The van der Waals surface area contributed by atoms with Gasteiger partial charge < -0.3 is 14.5 Å². The number of fused-ring (bicyclic) bond motifs is 9. The number of rotatable bonds is 6. The van der Waals surface area contributed by atoms with Gasteiger partial charge in [0.1, 0.15) is 6.61 Å². The Kier molecular flexibility index (Phi) is 7.10. The maximum absolute atomic E-state index is 14.0. The van der Waals surface area contributed by atoms with Crippen LogP contribution in [-0.2, 0) is 22.4 Å². The van der Waals surface area contributed by atoms with Crippen LogP contribution in [-0.4, -0.2) is 29.2 Å². The van der Waals surface area contributed by atoms with Crippen LogP contribution in [0.25, 0.3) is 0 Å². The smallest absolute Gasteiger partial charge is 0.416 e. The summed E-state index contributed by atoms with van der Waals surface area (Å²) in [5.74, 6) is -1.70. The molecule has 2 bridgehead atoms. The fourth-order valence-electron chi connectivity index (χ4n) is 8.43. The number of thioether (sulfide) groups is 1. The van der Waals surface area contributed by atoms with E-state index in [2.05, 4.69) is 11.1 Å². The monoisotopic (exact) mass is 678 g/mol. The van der Waals surface area contributed by atoms with Crippen LogP contribution in [0.15, 0.2) is 76.6 Å². The largest absolute Gasteiger partial charge is 0.493 e. The van der Waals surface area contributed by atoms with Crippen molar-refractivity contribution in [2.75, 3.05) is 12.0 Å². The third-order valence-corrected chi connectivity index (χ3v) is 12.8. The molecule has 12 heteroatoms. The van der Waals surface area contributed by atoms with E-state index in [-0.39, 0.29) is 39.5 Å². The number of anilines is 1. The number of H-pyrrole nitrogens is 1. The highest BCUT2D eigenvalue weighted by molar-refractivity contribution is 8.00. The predicted molar refractivity (Wildman–Crippen MR) is 171 cm³/mol. The minimum atomic E-state index is -4.61. The number of aryl methyl sites for hydroxylation is 1. The van der Waals surface area contributed by atoms with Crippen molar-refractivity contribution in [1.82, 2.24) is 4.98 Å². The van der Waals surface area contributed by atoms with Gasteiger partial charge in [0, 0.05) is 16.0 Å². The number of hydrogen-bond donors (Lipinski definition) is 1. The van der Waals surface area contributed by atoms with Gasteiger partial charge in [-0.05, 0) is 72.6 Å². The molecule has 2 saturated carbocycles. The molecule has 8 rings (SSSR count). The van der Waals surface area contributed by atoms with Gasteiger partial charge in [0.2, 0.25) is 11.8 Å². The first-order chi connectivity index (χ1) is 22.5. The number of aromatic amines is 1. The zero-order valence-corrected chi connectivity index (χ0v) is 26.9. The van der Waals surface area contributed by atoms with E-state index in [0.717, 1.165) is 55.0 Å². The lowest BCUT2D eigenvalue weighted by molar-refractivity contribution is -0.137. The van der Waals surface area contributed by atoms with Crippen LogP contribution in [0, 0.1) is 36.5 Å². The minimum Gasteiger partial charge on any atom is -0.493 e. The average molecular weight is 679 g/mol. The molecule has 4 aliphatic rings. The Balaban J connectivity index is 1.14. The normalized spacial score (nSPS) is 27.5. The summed E-state index contributed by atoms with van der Waals surface area (Å²) in [5, 5.41) is 0.700. The van der Waals surface area contributed by atoms with Crippen molar-refractivity contribution >= 4 is 40.6 Å². The molecular weight excluding hydrogens is 650 g/mol. The molecule has 2 amide bonds. The summed E-state index contributed by atoms with van der Waals surface area (Å²) in [7, 11) is 1.57. The lowest BCUT2D eigenvalue weighted by Gasteiger charge is -2.43. The molecule has 242 valence electrons. The van der Waals surface area contributed by atoms with Crippen LogP contribution in [0.4, 0.5) is 18.9 Å². The van der Waals surface area contributed by atoms with Gasteiger partial charge in [0.15, 0.2) is 11.5 Å². The molecule has 1 N–H and O–H groups in total. The number of carbonyl (C=O) groups is 2. The van der Waals surface area contributed by atoms with Crippen LogP contribution in [0.2, 0.25) is 0 Å². The molecule has 6 unspecified atom stereocenters. The molecule has 3 fully saturated rings. The van der Waals surface area contributed by atoms with Gasteiger partial charge in [-0.25, -0.2) is 0 Å². The highest BCUT2D eigenvalue weighted by Gasteiger charge is 2.69. The van der Waals surface area contributed by atoms with E-state index in [4.69, 9.17) is 9.47 Å². The van der Waals surface area contributed by atoms with Crippen molar-refractivity contribution < 1.29 is 32.2 Å². The number of benzene rings is 3. The number of ether oxygens (including phenoxy) is 2. The van der Waals surface area contributed by atoms with E-state index in [9.17, 15) is 27.6 Å². The average Bonchev–Trinajstić information content (AvgIpc) is 3.78. The number of amides is 2. The standard InChI is InChI=1S/C35H29F3N2O5S2/c1-16-5-3-6-17(11-16)15-45-23-10-9-18(12-24(23)44-2)25-26-21-14-22(29(26)46-31-30(25)47-34(43)39-31)28-27(21)32(41)40(33(28)42)20-8-4-7-19(13-20)35(36,37)38/h3-13,21-22,25-29H,14-15H2,1-2H3,(H,39,43)/t21?,22?,25-,26?,27?,28?,29?/m1/s1. The summed E-state index contributed by atoms with van der Waals surface area (Å²) in [4.78, 5) is 45.2. The molecule has 2 aliphatic carbocycles. The van der Waals surface area contributed by atoms with E-state index < -0.39 is 35.4 Å². The summed E-state index contributed by atoms with van der Waals surface area (Å²) in [5.41, 5.74) is 2.11. The Morgan fingerprint density at radius 1 is 0.936 bits per heavy atom. The summed E-state index contributed by atoms with van der Waals surface area (Å²) in [6.07, 6.45) is -3.94. The van der Waals surface area contributed by atoms with Crippen molar-refractivity contribution in [3.05, 3.63) is 104 Å². The quantitative estimate of drug-likeness (QED) is 0.221. The lowest BCUT2D eigenvalue weighted by Crippen LogP contribution is -2.42. The molecule has 1 saturated heterocycles. The number of nitrogens with zero attached hydrogens (tertiary/aromatic N) is 1. The molecule has 3 aromatic carbocycles. The highest BCUT2D eigenvalue weighted by Crippen LogP contribution is 2.69. The van der Waals surface area contributed by atoms with Gasteiger partial charge in [-0.2, -0.15) is 13.2 Å². The molecule has 0 radical (unpaired) electrons. The van der Waals surface area contributed by atoms with Crippen LogP contribution in [0.3, 0.4) is 0 Å². The van der Waals surface area contributed by atoms with Crippen molar-refractivity contribution in [2.24, 2.45) is 29.6 Å². The van der Waals surface area contributed by atoms with Crippen molar-refractivity contribution in [2.45, 2.75) is 42.3 Å². The number of alkyl halides is 3. The van der Waals surface area contributed by atoms with Crippen molar-refractivity contribution in [3.8, 4) is 11.5 Å². The third-order valence-electron chi connectivity index (χ3n) is 10.2. The zero-order valence-electron chi connectivity index (χ0n) is 25.2. The number of nitrogens with one attached hydrogen (secondary N) is 1. The Hall–Kier alpha value is -4.03. The Morgan fingerprint density at radius 3 is 2.45 bits per heavy atom. The minimum absolute atomic E-state index is 0.0507. The lowest BCUT2D eigenvalue weighted by atomic mass is 9.68. The molecule has 47 heavy (non-hydrogen) atoms. The molecule has 3 heterocycles. The molecule has 7 atom stereocenters.